The van der Waals surface area contributed by atoms with E-state index < -0.39 is 20.9 Å². The molecule has 2 N–H and O–H groups in total. The molecule has 0 atom stereocenters. The van der Waals surface area contributed by atoms with Crippen molar-refractivity contribution >= 4 is 56.2 Å². The average Bonchev–Trinajstić information content (AvgIpc) is 2.71. The topological polar surface area (TPSA) is 118 Å². The largest absolute Gasteiger partial charge is 0.322 e. The molecule has 0 radical (unpaired) electrons. The van der Waals surface area contributed by atoms with Crippen LogP contribution in [0.1, 0.15) is 15.9 Å². The summed E-state index contributed by atoms with van der Waals surface area (Å²) in [7, 11) is -3.89. The lowest BCUT2D eigenvalue weighted by Gasteiger charge is -2.12. The summed E-state index contributed by atoms with van der Waals surface area (Å²) in [5.41, 5.74) is 0.977. The molecule has 0 unspecified atom stereocenters. The van der Waals surface area contributed by atoms with Crippen molar-refractivity contribution in [2.45, 2.75) is 11.8 Å². The Balaban J connectivity index is 1.78. The van der Waals surface area contributed by atoms with Crippen LogP contribution in [0.15, 0.2) is 65.6 Å². The quantitative estimate of drug-likeness (QED) is 0.368. The van der Waals surface area contributed by atoms with Gasteiger partial charge in [-0.25, -0.2) is 8.42 Å². The predicted molar refractivity (Wildman–Crippen MR) is 119 cm³/mol. The third kappa shape index (κ3) is 5.32. The van der Waals surface area contributed by atoms with E-state index in [0.717, 1.165) is 6.07 Å². The Hall–Kier alpha value is -3.14. The van der Waals surface area contributed by atoms with Crippen LogP contribution in [0.4, 0.5) is 17.1 Å². The molecule has 0 heterocycles. The number of anilines is 2. The van der Waals surface area contributed by atoms with E-state index in [1.54, 1.807) is 19.1 Å². The van der Waals surface area contributed by atoms with Crippen LogP contribution in [-0.2, 0) is 10.0 Å². The minimum Gasteiger partial charge on any atom is -0.322 e. The third-order valence-corrected chi connectivity index (χ3v) is 6.22. The van der Waals surface area contributed by atoms with Crippen LogP contribution in [0.3, 0.4) is 0 Å². The van der Waals surface area contributed by atoms with Gasteiger partial charge in [-0.15, -0.1) is 0 Å². The van der Waals surface area contributed by atoms with Gasteiger partial charge in [-0.3, -0.25) is 19.6 Å². The van der Waals surface area contributed by atoms with Crippen molar-refractivity contribution in [2.75, 3.05) is 10.0 Å². The number of benzene rings is 3. The van der Waals surface area contributed by atoms with Crippen LogP contribution < -0.4 is 10.0 Å². The van der Waals surface area contributed by atoms with Crippen LogP contribution >= 0.6 is 23.2 Å². The molecule has 0 aliphatic heterocycles. The van der Waals surface area contributed by atoms with Crippen LogP contribution in [0, 0.1) is 17.0 Å². The maximum atomic E-state index is 12.6. The van der Waals surface area contributed by atoms with Gasteiger partial charge in [0.05, 0.1) is 26.1 Å². The Labute approximate surface area is 188 Å². The highest BCUT2D eigenvalue weighted by Gasteiger charge is 2.18. The number of nitrogens with one attached hydrogen (secondary N) is 2. The van der Waals surface area contributed by atoms with Gasteiger partial charge in [0.2, 0.25) is 0 Å². The van der Waals surface area contributed by atoms with E-state index in [0.29, 0.717) is 16.3 Å². The van der Waals surface area contributed by atoms with E-state index in [9.17, 15) is 23.3 Å². The number of rotatable bonds is 6. The summed E-state index contributed by atoms with van der Waals surface area (Å²) in [4.78, 5) is 22.7. The lowest BCUT2D eigenvalue weighted by molar-refractivity contribution is -0.384. The fourth-order valence-electron chi connectivity index (χ4n) is 2.62. The number of non-ortho nitro benzene ring substituents is 1. The van der Waals surface area contributed by atoms with Crippen molar-refractivity contribution < 1.29 is 18.1 Å². The van der Waals surface area contributed by atoms with Crippen molar-refractivity contribution in [1.29, 1.82) is 0 Å². The fraction of sp³-hybridized carbons (Fsp3) is 0.0500. The lowest BCUT2D eigenvalue weighted by atomic mass is 10.2. The van der Waals surface area contributed by atoms with Gasteiger partial charge in [-0.05, 0) is 55.0 Å². The van der Waals surface area contributed by atoms with Crippen LogP contribution in [0.5, 0.6) is 0 Å². The number of aryl methyl sites for hydroxylation is 1. The number of halogens is 2. The van der Waals surface area contributed by atoms with Crippen molar-refractivity contribution in [3.05, 3.63) is 92.0 Å². The second-order valence-electron chi connectivity index (χ2n) is 6.46. The molecule has 160 valence electrons. The summed E-state index contributed by atoms with van der Waals surface area (Å²) >= 11 is 11.9. The van der Waals surface area contributed by atoms with Gasteiger partial charge >= 0.3 is 0 Å². The van der Waals surface area contributed by atoms with Gasteiger partial charge in [0.1, 0.15) is 0 Å². The highest BCUT2D eigenvalue weighted by molar-refractivity contribution is 7.92. The Morgan fingerprint density at radius 2 is 1.68 bits per heavy atom. The zero-order valence-corrected chi connectivity index (χ0v) is 18.3. The molecule has 0 aliphatic rings. The Morgan fingerprint density at radius 3 is 2.32 bits per heavy atom. The van der Waals surface area contributed by atoms with Crippen molar-refractivity contribution in [2.24, 2.45) is 0 Å². The molecule has 0 aromatic heterocycles. The summed E-state index contributed by atoms with van der Waals surface area (Å²) in [6, 6.07) is 13.8. The zero-order valence-electron chi connectivity index (χ0n) is 15.9. The van der Waals surface area contributed by atoms with E-state index in [1.807, 2.05) is 0 Å². The van der Waals surface area contributed by atoms with Gasteiger partial charge in [0.15, 0.2) is 0 Å². The summed E-state index contributed by atoms with van der Waals surface area (Å²) in [6.45, 7) is 1.74. The van der Waals surface area contributed by atoms with Crippen LogP contribution in [0.2, 0.25) is 10.0 Å². The third-order valence-electron chi connectivity index (χ3n) is 4.27. The molecular formula is C20H15Cl2N3O5S. The monoisotopic (exact) mass is 479 g/mol. The summed E-state index contributed by atoms with van der Waals surface area (Å²) in [5.74, 6) is -0.669. The number of hydrogen-bond donors (Lipinski definition) is 2. The molecule has 0 bridgehead atoms. The van der Waals surface area contributed by atoms with Crippen molar-refractivity contribution in [3.63, 3.8) is 0 Å². The first kappa shape index (κ1) is 22.5. The fourth-order valence-corrected chi connectivity index (χ4v) is 4.12. The normalized spacial score (nSPS) is 11.1. The molecule has 0 saturated heterocycles. The zero-order chi connectivity index (χ0) is 22.8. The Kier molecular flexibility index (Phi) is 6.49. The van der Waals surface area contributed by atoms with Crippen LogP contribution in [0.25, 0.3) is 0 Å². The molecule has 0 saturated carbocycles. The molecule has 3 aromatic rings. The summed E-state index contributed by atoms with van der Waals surface area (Å²) in [6.07, 6.45) is 0. The molecule has 31 heavy (non-hydrogen) atoms. The Morgan fingerprint density at radius 1 is 1.00 bits per heavy atom. The molecule has 1 amide bonds. The standard InChI is InChI=1S/C20H15Cl2N3O5S/c1-12-2-3-13(21)10-19(12)24-31(29,30)16-7-4-14(5-8-16)23-20(26)17-11-15(25(27)28)6-9-18(17)22/h2-11,24H,1H3,(H,23,26). The highest BCUT2D eigenvalue weighted by atomic mass is 35.5. The van der Waals surface area contributed by atoms with Gasteiger partial charge in [-0.1, -0.05) is 29.3 Å². The Bertz CT molecular complexity index is 1280. The number of sulfonamides is 1. The predicted octanol–water partition coefficient (Wildman–Crippen LogP) is 5.26. The number of amides is 1. The van der Waals surface area contributed by atoms with E-state index in [2.05, 4.69) is 10.0 Å². The lowest BCUT2D eigenvalue weighted by Crippen LogP contribution is -2.15. The molecule has 8 nitrogen and oxygen atoms in total. The molecule has 3 rings (SSSR count). The molecular weight excluding hydrogens is 465 g/mol. The van der Waals surface area contributed by atoms with Crippen molar-refractivity contribution in [1.82, 2.24) is 0 Å². The van der Waals surface area contributed by atoms with Crippen LogP contribution in [-0.4, -0.2) is 19.2 Å². The van der Waals surface area contributed by atoms with Gasteiger partial charge in [0, 0.05) is 22.8 Å². The van der Waals surface area contributed by atoms with Crippen molar-refractivity contribution in [3.8, 4) is 0 Å². The average molecular weight is 480 g/mol. The van der Waals surface area contributed by atoms with E-state index in [1.165, 1.54) is 42.5 Å². The number of nitro benzene ring substituents is 1. The second-order valence-corrected chi connectivity index (χ2v) is 8.99. The maximum Gasteiger partial charge on any atom is 0.270 e. The molecule has 3 aromatic carbocycles. The van der Waals surface area contributed by atoms with Gasteiger partial charge in [-0.2, -0.15) is 0 Å². The van der Waals surface area contributed by atoms with E-state index in [-0.39, 0.29) is 26.9 Å². The second kappa shape index (κ2) is 8.93. The molecule has 0 spiro atoms. The van der Waals surface area contributed by atoms with Gasteiger partial charge in [0.25, 0.3) is 21.6 Å². The van der Waals surface area contributed by atoms with Gasteiger partial charge < -0.3 is 5.32 Å². The number of carbonyl (C=O) groups excluding carboxylic acids is 1. The number of nitro groups is 1. The highest BCUT2D eigenvalue weighted by Crippen LogP contribution is 2.25. The first-order valence-corrected chi connectivity index (χ1v) is 10.9. The van der Waals surface area contributed by atoms with E-state index >= 15 is 0 Å². The SMILES string of the molecule is Cc1ccc(Cl)cc1NS(=O)(=O)c1ccc(NC(=O)c2cc([N+](=O)[O-])ccc2Cl)cc1. The molecule has 0 fully saturated rings. The maximum absolute atomic E-state index is 12.6. The molecule has 0 aliphatic carbocycles. The summed E-state index contributed by atoms with van der Waals surface area (Å²) in [5, 5.41) is 13.9. The minimum absolute atomic E-state index is 0.0294. The smallest absolute Gasteiger partial charge is 0.270 e. The minimum atomic E-state index is -3.89. The molecule has 11 heteroatoms. The summed E-state index contributed by atoms with van der Waals surface area (Å²) < 4.78 is 27.8. The first-order valence-electron chi connectivity index (χ1n) is 8.71. The number of nitrogens with zero attached hydrogens (tertiary/aromatic N) is 1. The first-order chi connectivity index (χ1) is 14.6. The number of carbonyl (C=O) groups is 1. The number of hydrogen-bond acceptors (Lipinski definition) is 5. The van der Waals surface area contributed by atoms with E-state index in [4.69, 9.17) is 23.2 Å².